The number of carbonyl (C=O) groups excluding carboxylic acids is 1. The van der Waals surface area contributed by atoms with Gasteiger partial charge in [0.1, 0.15) is 36.6 Å². The van der Waals surface area contributed by atoms with E-state index in [-0.39, 0.29) is 53.5 Å². The molecular weight excluding hydrogens is 768 g/mol. The number of aromatic amines is 2. The Morgan fingerprint density at radius 2 is 1.46 bits per heavy atom. The van der Waals surface area contributed by atoms with E-state index < -0.39 is 101 Å². The number of nitrogens with zero attached hydrogens (tertiary/aromatic N) is 6. The van der Waals surface area contributed by atoms with Crippen LogP contribution in [-0.2, 0) is 46.3 Å². The summed E-state index contributed by atoms with van der Waals surface area (Å²) in [4.78, 5) is 80.7. The average Bonchev–Trinajstić information content (AvgIpc) is 3.83. The molecule has 28 heteroatoms. The van der Waals surface area contributed by atoms with Crippen LogP contribution in [-0.4, -0.2) is 122 Å². The average molecular weight is 802 g/mol. The van der Waals surface area contributed by atoms with Crippen molar-refractivity contribution in [3.8, 4) is 0 Å². The molecule has 26 nitrogen and oxygen atoms in total. The van der Waals surface area contributed by atoms with E-state index in [0.717, 1.165) is 23.9 Å². The summed E-state index contributed by atoms with van der Waals surface area (Å²) in [5.74, 6) is -2.38. The number of nitrogens with one attached hydrogen (secondary N) is 3. The Morgan fingerprint density at radius 1 is 0.907 bits per heavy atom. The van der Waals surface area contributed by atoms with E-state index in [0.29, 0.717) is 0 Å². The van der Waals surface area contributed by atoms with Gasteiger partial charge in [-0.15, -0.1) is 0 Å². The number of anilines is 2. The van der Waals surface area contributed by atoms with Crippen LogP contribution in [0.2, 0.25) is 0 Å². The van der Waals surface area contributed by atoms with Gasteiger partial charge < -0.3 is 50.4 Å². The molecule has 0 spiro atoms. The smallest absolute Gasteiger partial charge is 0.472 e. The molecule has 1 amide bonds. The second kappa shape index (κ2) is 14.2. The molecule has 4 unspecified atom stereocenters. The van der Waals surface area contributed by atoms with Crippen molar-refractivity contribution < 1.29 is 61.4 Å². The van der Waals surface area contributed by atoms with Gasteiger partial charge in [0.25, 0.3) is 11.1 Å². The maximum Gasteiger partial charge on any atom is 0.472 e. The number of phosphoric ester groups is 1. The minimum absolute atomic E-state index is 0.0520. The Hall–Kier alpha value is -4.62. The van der Waals surface area contributed by atoms with Crippen LogP contribution in [0.5, 0.6) is 0 Å². The van der Waals surface area contributed by atoms with Gasteiger partial charge >= 0.3 is 21.4 Å². The lowest BCUT2D eigenvalue weighted by atomic mass is 10.1. The van der Waals surface area contributed by atoms with Crippen LogP contribution in [0.3, 0.4) is 0 Å². The summed E-state index contributed by atoms with van der Waals surface area (Å²) >= 11 is 0. The highest BCUT2D eigenvalue weighted by atomic mass is 31.2. The van der Waals surface area contributed by atoms with E-state index in [1.54, 1.807) is 0 Å². The second-order valence-electron chi connectivity index (χ2n) is 12.5. The van der Waals surface area contributed by atoms with Crippen LogP contribution in [0.25, 0.3) is 22.3 Å². The van der Waals surface area contributed by atoms with E-state index in [1.807, 2.05) is 0 Å². The Kier molecular flexibility index (Phi) is 9.93. The minimum atomic E-state index is -5.15. The molecule has 4 aromatic rings. The predicted octanol–water partition coefficient (Wildman–Crippen LogP) is -1.95. The molecular formula is C26H33N11O15P2. The van der Waals surface area contributed by atoms with Crippen molar-refractivity contribution in [3.63, 3.8) is 0 Å². The Morgan fingerprint density at radius 3 is 2.07 bits per heavy atom. The van der Waals surface area contributed by atoms with Gasteiger partial charge in [-0.05, 0) is 6.42 Å². The molecule has 10 atom stereocenters. The zero-order valence-electron chi connectivity index (χ0n) is 27.8. The normalized spacial score (nSPS) is 33.2. The third-order valence-electron chi connectivity index (χ3n) is 8.67. The number of hydrogen-bond donors (Lipinski definition) is 8. The third kappa shape index (κ3) is 7.40. The van der Waals surface area contributed by atoms with Crippen LogP contribution < -0.4 is 27.9 Å². The number of hydrogen-bond acceptors (Lipinski definition) is 19. The number of nitrogens with two attached hydrogens (primary N) is 2. The second-order valence-corrected chi connectivity index (χ2v) is 15.9. The Balaban J connectivity index is 1.20. The van der Waals surface area contributed by atoms with Gasteiger partial charge in [-0.25, -0.2) is 14.5 Å². The zero-order chi connectivity index (χ0) is 38.7. The topological polar surface area (TPSA) is 376 Å². The molecule has 292 valence electrons. The maximum absolute atomic E-state index is 14.0. The lowest BCUT2D eigenvalue weighted by Gasteiger charge is -2.30. The predicted molar refractivity (Wildman–Crippen MR) is 177 cm³/mol. The summed E-state index contributed by atoms with van der Waals surface area (Å²) in [6.45, 7) is -0.415. The van der Waals surface area contributed by atoms with E-state index in [9.17, 15) is 38.3 Å². The molecule has 3 aliphatic rings. The van der Waals surface area contributed by atoms with Gasteiger partial charge in [-0.1, -0.05) is 0 Å². The molecule has 0 aliphatic carbocycles. The fraction of sp³-hybridized carbons (Fsp3) is 0.538. The van der Waals surface area contributed by atoms with Crippen LogP contribution in [0.1, 0.15) is 31.7 Å². The van der Waals surface area contributed by atoms with Crippen molar-refractivity contribution in [2.24, 2.45) is 0 Å². The zero-order valence-corrected chi connectivity index (χ0v) is 29.6. The molecule has 0 radical (unpaired) electrons. The number of ether oxygens (including phenoxy) is 2. The van der Waals surface area contributed by atoms with Crippen molar-refractivity contribution >= 4 is 61.5 Å². The quantitative estimate of drug-likeness (QED) is 0.0942. The highest BCUT2D eigenvalue weighted by Crippen LogP contribution is 2.54. The summed E-state index contributed by atoms with van der Waals surface area (Å²) in [5, 5.41) is 23.0. The first kappa shape index (κ1) is 37.7. The number of nitrogen functional groups attached to an aromatic ring is 2. The highest BCUT2D eigenvalue weighted by Gasteiger charge is 2.54. The lowest BCUT2D eigenvalue weighted by Crippen LogP contribution is -2.48. The Bertz CT molecular complexity index is 2330. The molecule has 3 fully saturated rings. The molecule has 54 heavy (non-hydrogen) atoms. The number of aliphatic hydroxyl groups excluding tert-OH is 1. The first-order chi connectivity index (χ1) is 25.5. The number of rotatable bonds is 7. The minimum Gasteiger partial charge on any atom is -0.481 e. The first-order valence-corrected chi connectivity index (χ1v) is 19.5. The number of amides is 1. The number of imidazole rings is 2. The molecule has 4 aromatic heterocycles. The number of aliphatic hydroxyl groups is 1. The maximum atomic E-state index is 14.0. The number of aromatic nitrogens is 8. The van der Waals surface area contributed by atoms with E-state index in [2.05, 4.69) is 35.2 Å². The molecule has 3 aliphatic heterocycles. The SMILES string of the molecule is CP1(=O)OC[C@H]2O[C@@H](n3cnc4c(=O)[nH]c(N)nc43)C(O)[C@H]2OP(=O)(O)OC[C@H]2O[C@@H](n3cnc4c(=O)[nH]c(N)nc43)C(NC(=O)CCCC(=O)O)[C@H]2O1. The fourth-order valence-corrected chi connectivity index (χ4v) is 8.49. The monoisotopic (exact) mass is 801 g/mol. The largest absolute Gasteiger partial charge is 0.481 e. The van der Waals surface area contributed by atoms with Gasteiger partial charge in [-0.2, -0.15) is 9.97 Å². The van der Waals surface area contributed by atoms with Gasteiger partial charge in [0, 0.05) is 19.5 Å². The van der Waals surface area contributed by atoms with Crippen LogP contribution in [0, 0.1) is 0 Å². The number of phosphoric acid groups is 1. The van der Waals surface area contributed by atoms with Gasteiger partial charge in [0.05, 0.1) is 25.9 Å². The number of aliphatic carboxylic acids is 1. The molecule has 7 rings (SSSR count). The standard InChI is InChI=1S/C26H33N11O15P2/c1-53(44)47-5-10-18(16(41)24(50-10)37-8-30-15-20(37)33-26(28)35-22(15)43)52-54(45,46)48-6-9-17(51-53)13(31-11(38)3-2-4-12(39)40)23(49-9)36-7-29-14-19(36)32-25(27)34-21(14)42/h7-10,13,16-18,23-24,41H,2-6H2,1H3,(H,31,38)(H,39,40)(H,45,46)(H3,27,32,34,42)(H3,28,33,35,43)/t9-,10-,13?,16?,17+,18+,23-,24-,53?/m1/s1. The Labute approximate surface area is 300 Å². The van der Waals surface area contributed by atoms with E-state index in [4.69, 9.17) is 44.1 Å². The molecule has 3 saturated heterocycles. The number of H-pyrrole nitrogens is 2. The summed E-state index contributed by atoms with van der Waals surface area (Å²) in [5.41, 5.74) is 9.53. The highest BCUT2D eigenvalue weighted by molar-refractivity contribution is 7.53. The van der Waals surface area contributed by atoms with Gasteiger partial charge in [-0.3, -0.25) is 51.9 Å². The van der Waals surface area contributed by atoms with Crippen LogP contribution >= 0.6 is 15.4 Å². The number of carboxylic acids is 1. The van der Waals surface area contributed by atoms with E-state index >= 15 is 0 Å². The molecule has 7 heterocycles. The molecule has 0 saturated carbocycles. The van der Waals surface area contributed by atoms with Gasteiger partial charge in [0.15, 0.2) is 34.8 Å². The molecule has 0 aromatic carbocycles. The van der Waals surface area contributed by atoms with Crippen molar-refractivity contribution in [3.05, 3.63) is 33.4 Å². The van der Waals surface area contributed by atoms with Gasteiger partial charge in [0.2, 0.25) is 17.8 Å². The fourth-order valence-electron chi connectivity index (χ4n) is 6.34. The van der Waals surface area contributed by atoms with Crippen molar-refractivity contribution in [2.45, 2.75) is 68.3 Å². The summed E-state index contributed by atoms with van der Waals surface area (Å²) in [6.07, 6.45) is -9.00. The summed E-state index contributed by atoms with van der Waals surface area (Å²) in [6, 6.07) is -1.34. The van der Waals surface area contributed by atoms with Crippen molar-refractivity contribution in [2.75, 3.05) is 31.3 Å². The third-order valence-corrected chi connectivity index (χ3v) is 10.9. The summed E-state index contributed by atoms with van der Waals surface area (Å²) in [7, 11) is -9.40. The molecule has 0 bridgehead atoms. The van der Waals surface area contributed by atoms with Crippen molar-refractivity contribution in [1.29, 1.82) is 0 Å². The molecule has 10 N–H and O–H groups in total. The number of carbonyl (C=O) groups is 2. The van der Waals surface area contributed by atoms with Crippen molar-refractivity contribution in [1.82, 2.24) is 44.4 Å². The number of carboxylic acid groups (broad SMARTS) is 1. The first-order valence-electron chi connectivity index (χ1n) is 16.0. The lowest BCUT2D eigenvalue weighted by molar-refractivity contribution is -0.137. The van der Waals surface area contributed by atoms with Crippen LogP contribution in [0.15, 0.2) is 22.2 Å². The number of fused-ring (bicyclic) bond motifs is 4. The summed E-state index contributed by atoms with van der Waals surface area (Å²) < 4.78 is 64.2. The van der Waals surface area contributed by atoms with E-state index in [1.165, 1.54) is 4.57 Å². The van der Waals surface area contributed by atoms with Crippen LogP contribution in [0.4, 0.5) is 11.9 Å².